The minimum Gasteiger partial charge on any atom is -0.466 e. The van der Waals surface area contributed by atoms with Crippen LogP contribution in [0.25, 0.3) is 0 Å². The van der Waals surface area contributed by atoms with Crippen molar-refractivity contribution in [1.29, 1.82) is 0 Å². The second-order valence-corrected chi connectivity index (χ2v) is 5.93. The lowest BCUT2D eigenvalue weighted by molar-refractivity contribution is -0.149. The van der Waals surface area contributed by atoms with Crippen molar-refractivity contribution in [1.82, 2.24) is 4.90 Å². The maximum Gasteiger partial charge on any atom is 0.309 e. The zero-order valence-corrected chi connectivity index (χ0v) is 13.8. The van der Waals surface area contributed by atoms with Gasteiger partial charge in [-0.05, 0) is 63.5 Å². The molecule has 0 atom stereocenters. The molecule has 0 aliphatic carbocycles. The number of ether oxygens (including phenoxy) is 1. The van der Waals surface area contributed by atoms with Crippen molar-refractivity contribution in [3.05, 3.63) is 23.8 Å². The van der Waals surface area contributed by atoms with Gasteiger partial charge in [0.15, 0.2) is 0 Å². The predicted octanol–water partition coefficient (Wildman–Crippen LogP) is 1.79. The van der Waals surface area contributed by atoms with Gasteiger partial charge < -0.3 is 15.8 Å². The molecule has 23 heavy (non-hydrogen) atoms. The first-order chi connectivity index (χ1) is 11.0. The molecule has 1 saturated heterocycles. The molecular formula is C17H25N3O3. The Morgan fingerprint density at radius 3 is 2.65 bits per heavy atom. The molecule has 1 amide bonds. The number of carbonyl (C=O) groups is 2. The van der Waals surface area contributed by atoms with Gasteiger partial charge in [-0.2, -0.15) is 0 Å². The smallest absolute Gasteiger partial charge is 0.309 e. The zero-order chi connectivity index (χ0) is 16.8. The van der Waals surface area contributed by atoms with Crippen molar-refractivity contribution in [3.63, 3.8) is 0 Å². The summed E-state index contributed by atoms with van der Waals surface area (Å²) < 4.78 is 5.05. The van der Waals surface area contributed by atoms with Crippen LogP contribution in [0.15, 0.2) is 18.2 Å². The zero-order valence-electron chi connectivity index (χ0n) is 13.8. The molecule has 2 rings (SSSR count). The predicted molar refractivity (Wildman–Crippen MR) is 90.0 cm³/mol. The van der Waals surface area contributed by atoms with Crippen molar-refractivity contribution in [2.45, 2.75) is 26.7 Å². The second kappa shape index (κ2) is 7.97. The summed E-state index contributed by atoms with van der Waals surface area (Å²) in [6, 6.07) is 5.42. The number of nitrogens with two attached hydrogens (primary N) is 1. The Bertz CT molecular complexity index is 566. The molecule has 1 aromatic rings. The Hall–Kier alpha value is -2.08. The number of benzene rings is 1. The Morgan fingerprint density at radius 1 is 1.35 bits per heavy atom. The van der Waals surface area contributed by atoms with Crippen LogP contribution in [0.5, 0.6) is 0 Å². The van der Waals surface area contributed by atoms with Gasteiger partial charge >= 0.3 is 5.97 Å². The minimum atomic E-state index is -0.117. The number of nitrogens with one attached hydrogen (secondary N) is 1. The van der Waals surface area contributed by atoms with Gasteiger partial charge in [0.2, 0.25) is 5.91 Å². The van der Waals surface area contributed by atoms with Gasteiger partial charge in [0.05, 0.1) is 19.1 Å². The molecule has 1 aliphatic rings. The second-order valence-electron chi connectivity index (χ2n) is 5.93. The van der Waals surface area contributed by atoms with Gasteiger partial charge in [0, 0.05) is 11.4 Å². The maximum atomic E-state index is 12.2. The van der Waals surface area contributed by atoms with E-state index in [2.05, 4.69) is 10.2 Å². The molecule has 126 valence electrons. The number of aryl methyl sites for hydroxylation is 1. The number of amides is 1. The van der Waals surface area contributed by atoms with Crippen LogP contribution in [0, 0.1) is 12.8 Å². The number of piperidine rings is 1. The normalized spacial score (nSPS) is 16.1. The Kier molecular flexibility index (Phi) is 5.98. The lowest BCUT2D eigenvalue weighted by Gasteiger charge is -2.30. The van der Waals surface area contributed by atoms with E-state index in [0.717, 1.165) is 37.2 Å². The summed E-state index contributed by atoms with van der Waals surface area (Å²) in [6.07, 6.45) is 1.49. The van der Waals surface area contributed by atoms with Crippen molar-refractivity contribution >= 4 is 23.3 Å². The molecule has 0 radical (unpaired) electrons. The van der Waals surface area contributed by atoms with E-state index in [4.69, 9.17) is 10.5 Å². The molecule has 3 N–H and O–H groups in total. The number of anilines is 2. The SMILES string of the molecule is CCOC(=O)C1CCN(CC(=O)Nc2ccc(N)cc2C)CC1. The van der Waals surface area contributed by atoms with E-state index in [9.17, 15) is 9.59 Å². The van der Waals surface area contributed by atoms with Crippen molar-refractivity contribution in [3.8, 4) is 0 Å². The number of esters is 1. The fourth-order valence-corrected chi connectivity index (χ4v) is 2.81. The largest absolute Gasteiger partial charge is 0.466 e. The van der Waals surface area contributed by atoms with Gasteiger partial charge in [-0.1, -0.05) is 0 Å². The first-order valence-corrected chi connectivity index (χ1v) is 8.04. The third-order valence-corrected chi connectivity index (χ3v) is 4.10. The van der Waals surface area contributed by atoms with E-state index in [0.29, 0.717) is 18.8 Å². The summed E-state index contributed by atoms with van der Waals surface area (Å²) in [4.78, 5) is 25.9. The molecule has 1 fully saturated rings. The first kappa shape index (κ1) is 17.3. The summed E-state index contributed by atoms with van der Waals surface area (Å²) in [7, 11) is 0. The maximum absolute atomic E-state index is 12.2. The van der Waals surface area contributed by atoms with Crippen molar-refractivity contribution in [2.75, 3.05) is 37.3 Å². The lowest BCUT2D eigenvalue weighted by Crippen LogP contribution is -2.41. The van der Waals surface area contributed by atoms with Gasteiger partial charge in [-0.3, -0.25) is 14.5 Å². The molecule has 6 nitrogen and oxygen atoms in total. The summed E-state index contributed by atoms with van der Waals surface area (Å²) in [6.45, 7) is 5.95. The molecule has 6 heteroatoms. The lowest BCUT2D eigenvalue weighted by atomic mass is 9.97. The molecular weight excluding hydrogens is 294 g/mol. The molecule has 1 aliphatic heterocycles. The highest BCUT2D eigenvalue weighted by atomic mass is 16.5. The van der Waals surface area contributed by atoms with Crippen LogP contribution in [0.2, 0.25) is 0 Å². The molecule has 1 heterocycles. The molecule has 1 aromatic carbocycles. The number of hydrogen-bond donors (Lipinski definition) is 2. The van der Waals surface area contributed by atoms with Crippen LogP contribution < -0.4 is 11.1 Å². The van der Waals surface area contributed by atoms with Gasteiger partial charge in [-0.25, -0.2) is 0 Å². The monoisotopic (exact) mass is 319 g/mol. The highest BCUT2D eigenvalue weighted by Crippen LogP contribution is 2.20. The first-order valence-electron chi connectivity index (χ1n) is 8.04. The third-order valence-electron chi connectivity index (χ3n) is 4.10. The number of nitrogens with zero attached hydrogens (tertiary/aromatic N) is 1. The van der Waals surface area contributed by atoms with Crippen LogP contribution in [-0.2, 0) is 14.3 Å². The highest BCUT2D eigenvalue weighted by Gasteiger charge is 2.26. The fourth-order valence-electron chi connectivity index (χ4n) is 2.81. The molecule has 0 aromatic heterocycles. The van der Waals surface area contributed by atoms with E-state index in [1.54, 1.807) is 6.07 Å². The van der Waals surface area contributed by atoms with Crippen molar-refractivity contribution in [2.24, 2.45) is 5.92 Å². The molecule has 0 unspecified atom stereocenters. The number of likely N-dealkylation sites (tertiary alicyclic amines) is 1. The summed E-state index contributed by atoms with van der Waals surface area (Å²) in [5, 5.41) is 2.91. The fraction of sp³-hybridized carbons (Fsp3) is 0.529. The quantitative estimate of drug-likeness (QED) is 0.638. The van der Waals surface area contributed by atoms with Gasteiger partial charge in [0.25, 0.3) is 0 Å². The number of hydrogen-bond acceptors (Lipinski definition) is 5. The molecule has 0 saturated carbocycles. The standard InChI is InChI=1S/C17H25N3O3/c1-3-23-17(22)13-6-8-20(9-7-13)11-16(21)19-15-5-4-14(18)10-12(15)2/h4-5,10,13H,3,6-9,11,18H2,1-2H3,(H,19,21). The number of carbonyl (C=O) groups excluding carboxylic acids is 2. The van der Waals surface area contributed by atoms with Crippen molar-refractivity contribution < 1.29 is 14.3 Å². The molecule has 0 bridgehead atoms. The third kappa shape index (κ3) is 4.96. The average molecular weight is 319 g/mol. The number of rotatable bonds is 5. The van der Waals surface area contributed by atoms with Gasteiger partial charge in [0.1, 0.15) is 0 Å². The summed E-state index contributed by atoms with van der Waals surface area (Å²) >= 11 is 0. The Balaban J connectivity index is 1.79. The summed E-state index contributed by atoms with van der Waals surface area (Å²) in [5.41, 5.74) is 8.12. The van der Waals surface area contributed by atoms with Crippen LogP contribution >= 0.6 is 0 Å². The average Bonchev–Trinajstić information content (AvgIpc) is 2.51. The minimum absolute atomic E-state index is 0.0337. The van der Waals surface area contributed by atoms with E-state index >= 15 is 0 Å². The number of nitrogen functional groups attached to an aromatic ring is 1. The van der Waals surface area contributed by atoms with E-state index in [1.165, 1.54) is 0 Å². The van der Waals surface area contributed by atoms with Crippen LogP contribution in [0.4, 0.5) is 11.4 Å². The van der Waals surface area contributed by atoms with Crippen LogP contribution in [-0.4, -0.2) is 43.0 Å². The Morgan fingerprint density at radius 2 is 2.04 bits per heavy atom. The van der Waals surface area contributed by atoms with E-state index in [-0.39, 0.29) is 17.8 Å². The van der Waals surface area contributed by atoms with E-state index < -0.39 is 0 Å². The topological polar surface area (TPSA) is 84.7 Å². The highest BCUT2D eigenvalue weighted by molar-refractivity contribution is 5.93. The van der Waals surface area contributed by atoms with Crippen LogP contribution in [0.1, 0.15) is 25.3 Å². The van der Waals surface area contributed by atoms with E-state index in [1.807, 2.05) is 26.0 Å². The Labute approximate surface area is 137 Å². The van der Waals surface area contributed by atoms with Gasteiger partial charge in [-0.15, -0.1) is 0 Å². The molecule has 0 spiro atoms. The summed E-state index contributed by atoms with van der Waals surface area (Å²) in [5.74, 6) is -0.199. The van der Waals surface area contributed by atoms with Crippen LogP contribution in [0.3, 0.4) is 0 Å².